The van der Waals surface area contributed by atoms with Gasteiger partial charge in [-0.15, -0.1) is 0 Å². The number of likely N-dealkylation sites (N-methyl/N-ethyl adjacent to an activating group) is 1. The Labute approximate surface area is 104 Å². The van der Waals surface area contributed by atoms with Crippen molar-refractivity contribution in [3.8, 4) is 0 Å². The summed E-state index contributed by atoms with van der Waals surface area (Å²) < 4.78 is 5.09. The van der Waals surface area contributed by atoms with Crippen molar-refractivity contribution in [2.24, 2.45) is 5.73 Å². The lowest BCUT2D eigenvalue weighted by Gasteiger charge is -2.23. The van der Waals surface area contributed by atoms with Crippen LogP contribution in [0.2, 0.25) is 0 Å². The average molecular weight is 243 g/mol. The molecule has 0 saturated carbocycles. The minimum Gasteiger partial charge on any atom is -0.380 e. The molecule has 1 aliphatic heterocycles. The lowest BCUT2D eigenvalue weighted by molar-refractivity contribution is -0.123. The molecule has 2 atom stereocenters. The monoisotopic (exact) mass is 243 g/mol. The number of methoxy groups -OCH3 is 1. The molecular formula is C12H25N3O2. The van der Waals surface area contributed by atoms with Crippen LogP contribution < -0.4 is 11.1 Å². The zero-order chi connectivity index (χ0) is 12.7. The van der Waals surface area contributed by atoms with E-state index in [9.17, 15) is 4.79 Å². The summed E-state index contributed by atoms with van der Waals surface area (Å²) in [6.45, 7) is 5.50. The van der Waals surface area contributed by atoms with Gasteiger partial charge in [-0.1, -0.05) is 6.92 Å². The van der Waals surface area contributed by atoms with Crippen LogP contribution in [0.1, 0.15) is 26.2 Å². The molecule has 0 radical (unpaired) electrons. The summed E-state index contributed by atoms with van der Waals surface area (Å²) in [5.74, 6) is 0.0326. The molecule has 0 aromatic rings. The number of amides is 1. The third kappa shape index (κ3) is 4.61. The largest absolute Gasteiger partial charge is 0.380 e. The molecule has 1 rings (SSSR count). The first kappa shape index (κ1) is 14.4. The second-order valence-electron chi connectivity index (χ2n) is 4.53. The van der Waals surface area contributed by atoms with Gasteiger partial charge in [-0.05, 0) is 25.9 Å². The maximum Gasteiger partial charge on any atom is 0.222 e. The second kappa shape index (κ2) is 7.63. The van der Waals surface area contributed by atoms with Gasteiger partial charge in [-0.25, -0.2) is 0 Å². The zero-order valence-corrected chi connectivity index (χ0v) is 10.9. The number of hydrogen-bond acceptors (Lipinski definition) is 4. The van der Waals surface area contributed by atoms with E-state index in [4.69, 9.17) is 10.5 Å². The van der Waals surface area contributed by atoms with Crippen LogP contribution in [-0.2, 0) is 9.53 Å². The van der Waals surface area contributed by atoms with Gasteiger partial charge in [0.2, 0.25) is 5.91 Å². The van der Waals surface area contributed by atoms with Gasteiger partial charge in [0.15, 0.2) is 0 Å². The number of hydrogen-bond donors (Lipinski definition) is 2. The van der Waals surface area contributed by atoms with E-state index in [-0.39, 0.29) is 12.0 Å². The van der Waals surface area contributed by atoms with Crippen LogP contribution in [0.3, 0.4) is 0 Å². The van der Waals surface area contributed by atoms with Gasteiger partial charge in [-0.3, -0.25) is 9.69 Å². The SMILES string of the molecule is CCN1CCCC1CNC(=O)CC(CN)OC. The Morgan fingerprint density at radius 3 is 3.00 bits per heavy atom. The number of nitrogens with zero attached hydrogens (tertiary/aromatic N) is 1. The first-order chi connectivity index (χ1) is 8.21. The summed E-state index contributed by atoms with van der Waals surface area (Å²) in [6.07, 6.45) is 2.60. The van der Waals surface area contributed by atoms with Crippen molar-refractivity contribution in [3.63, 3.8) is 0 Å². The molecule has 2 unspecified atom stereocenters. The normalized spacial score (nSPS) is 22.6. The van der Waals surface area contributed by atoms with Gasteiger partial charge in [-0.2, -0.15) is 0 Å². The highest BCUT2D eigenvalue weighted by atomic mass is 16.5. The maximum atomic E-state index is 11.7. The molecule has 1 aliphatic rings. The summed E-state index contributed by atoms with van der Waals surface area (Å²) in [7, 11) is 1.58. The smallest absolute Gasteiger partial charge is 0.222 e. The molecule has 0 aromatic carbocycles. The van der Waals surface area contributed by atoms with Crippen LogP contribution in [0.15, 0.2) is 0 Å². The van der Waals surface area contributed by atoms with Gasteiger partial charge in [0.1, 0.15) is 0 Å². The van der Waals surface area contributed by atoms with E-state index in [2.05, 4.69) is 17.1 Å². The van der Waals surface area contributed by atoms with Crippen molar-refractivity contribution >= 4 is 5.91 Å². The third-order valence-corrected chi connectivity index (χ3v) is 3.45. The summed E-state index contributed by atoms with van der Waals surface area (Å²) in [6, 6.07) is 0.503. The van der Waals surface area contributed by atoms with Crippen LogP contribution in [0, 0.1) is 0 Å². The average Bonchev–Trinajstić information content (AvgIpc) is 2.80. The Bertz CT molecular complexity index is 232. The molecule has 0 bridgehead atoms. The fourth-order valence-electron chi connectivity index (χ4n) is 2.32. The molecule has 100 valence electrons. The topological polar surface area (TPSA) is 67.6 Å². The van der Waals surface area contributed by atoms with E-state index in [0.717, 1.165) is 19.6 Å². The molecule has 1 heterocycles. The quantitative estimate of drug-likeness (QED) is 0.658. The standard InChI is InChI=1S/C12H25N3O2/c1-3-15-6-4-5-10(15)9-14-12(16)7-11(8-13)17-2/h10-11H,3-9,13H2,1-2H3,(H,14,16). The number of likely N-dealkylation sites (tertiary alicyclic amines) is 1. The number of carbonyl (C=O) groups is 1. The molecule has 5 nitrogen and oxygen atoms in total. The van der Waals surface area contributed by atoms with Crippen LogP contribution >= 0.6 is 0 Å². The molecular weight excluding hydrogens is 218 g/mol. The summed E-state index contributed by atoms with van der Waals surface area (Å²) in [5.41, 5.74) is 5.48. The van der Waals surface area contributed by atoms with Crippen LogP contribution in [0.25, 0.3) is 0 Å². The van der Waals surface area contributed by atoms with E-state index in [0.29, 0.717) is 19.0 Å². The van der Waals surface area contributed by atoms with E-state index in [1.165, 1.54) is 12.8 Å². The van der Waals surface area contributed by atoms with Gasteiger partial charge in [0.25, 0.3) is 0 Å². The lowest BCUT2D eigenvalue weighted by Crippen LogP contribution is -2.41. The summed E-state index contributed by atoms with van der Waals surface area (Å²) in [4.78, 5) is 14.1. The number of rotatable bonds is 7. The number of carbonyl (C=O) groups excluding carboxylic acids is 1. The lowest BCUT2D eigenvalue weighted by atomic mass is 10.2. The van der Waals surface area contributed by atoms with Gasteiger partial charge >= 0.3 is 0 Å². The van der Waals surface area contributed by atoms with E-state index in [1.807, 2.05) is 0 Å². The van der Waals surface area contributed by atoms with Crippen LogP contribution in [-0.4, -0.2) is 56.2 Å². The molecule has 0 aliphatic carbocycles. The Kier molecular flexibility index (Phi) is 6.47. The van der Waals surface area contributed by atoms with Crippen molar-refractivity contribution in [1.29, 1.82) is 0 Å². The highest BCUT2D eigenvalue weighted by Gasteiger charge is 2.23. The van der Waals surface area contributed by atoms with Crippen LogP contribution in [0.5, 0.6) is 0 Å². The first-order valence-electron chi connectivity index (χ1n) is 6.44. The Hall–Kier alpha value is -0.650. The predicted molar refractivity (Wildman–Crippen MR) is 67.7 cm³/mol. The van der Waals surface area contributed by atoms with Crippen molar-refractivity contribution in [2.75, 3.05) is 33.3 Å². The zero-order valence-electron chi connectivity index (χ0n) is 10.9. The minimum absolute atomic E-state index is 0.0326. The number of nitrogens with one attached hydrogen (secondary N) is 1. The first-order valence-corrected chi connectivity index (χ1v) is 6.44. The minimum atomic E-state index is -0.166. The molecule has 5 heteroatoms. The Morgan fingerprint density at radius 2 is 2.41 bits per heavy atom. The highest BCUT2D eigenvalue weighted by Crippen LogP contribution is 2.15. The van der Waals surface area contributed by atoms with E-state index in [1.54, 1.807) is 7.11 Å². The van der Waals surface area contributed by atoms with Crippen molar-refractivity contribution in [1.82, 2.24) is 10.2 Å². The predicted octanol–water partition coefficient (Wildman–Crippen LogP) is -0.0493. The molecule has 0 aromatic heterocycles. The van der Waals surface area contributed by atoms with Crippen molar-refractivity contribution in [2.45, 2.75) is 38.3 Å². The fraction of sp³-hybridized carbons (Fsp3) is 0.917. The van der Waals surface area contributed by atoms with E-state index >= 15 is 0 Å². The molecule has 3 N–H and O–H groups in total. The Morgan fingerprint density at radius 1 is 1.65 bits per heavy atom. The molecule has 17 heavy (non-hydrogen) atoms. The van der Waals surface area contributed by atoms with Crippen molar-refractivity contribution in [3.05, 3.63) is 0 Å². The fourth-order valence-corrected chi connectivity index (χ4v) is 2.32. The summed E-state index contributed by atoms with van der Waals surface area (Å²) in [5, 5.41) is 2.97. The molecule has 0 spiro atoms. The van der Waals surface area contributed by atoms with Gasteiger partial charge in [0, 0.05) is 26.2 Å². The molecule has 1 amide bonds. The Balaban J connectivity index is 2.23. The number of nitrogens with two attached hydrogens (primary N) is 1. The van der Waals surface area contributed by atoms with Gasteiger partial charge in [0.05, 0.1) is 12.5 Å². The third-order valence-electron chi connectivity index (χ3n) is 3.45. The number of ether oxygens (including phenoxy) is 1. The van der Waals surface area contributed by atoms with Gasteiger partial charge < -0.3 is 15.8 Å². The summed E-state index contributed by atoms with van der Waals surface area (Å²) >= 11 is 0. The molecule has 1 saturated heterocycles. The van der Waals surface area contributed by atoms with Crippen LogP contribution in [0.4, 0.5) is 0 Å². The van der Waals surface area contributed by atoms with E-state index < -0.39 is 0 Å². The second-order valence-corrected chi connectivity index (χ2v) is 4.53. The highest BCUT2D eigenvalue weighted by molar-refractivity contribution is 5.76. The maximum absolute atomic E-state index is 11.7. The van der Waals surface area contributed by atoms with Crippen molar-refractivity contribution < 1.29 is 9.53 Å². The molecule has 1 fully saturated rings.